The molecule has 0 bridgehead atoms. The summed E-state index contributed by atoms with van der Waals surface area (Å²) in [6, 6.07) is 13.5. The number of hydrogen-bond donors (Lipinski definition) is 1. The minimum absolute atomic E-state index is 0.0684. The lowest BCUT2D eigenvalue weighted by molar-refractivity contribution is -0.137. The van der Waals surface area contributed by atoms with Gasteiger partial charge in [-0.3, -0.25) is 9.59 Å². The first kappa shape index (κ1) is 23.6. The third-order valence-corrected chi connectivity index (χ3v) is 5.98. The van der Waals surface area contributed by atoms with E-state index in [9.17, 15) is 19.2 Å². The van der Waals surface area contributed by atoms with Crippen LogP contribution in [-0.4, -0.2) is 41.6 Å². The van der Waals surface area contributed by atoms with Crippen molar-refractivity contribution < 1.29 is 23.8 Å². The maximum absolute atomic E-state index is 13.1. The van der Waals surface area contributed by atoms with Gasteiger partial charge in [-0.1, -0.05) is 23.7 Å². The van der Waals surface area contributed by atoms with Crippen LogP contribution in [0.25, 0.3) is 0 Å². The van der Waals surface area contributed by atoms with Crippen LogP contribution in [0.3, 0.4) is 0 Å². The number of piperidine rings is 1. The summed E-state index contributed by atoms with van der Waals surface area (Å²) in [6.45, 7) is 0.687. The Kier molecular flexibility index (Phi) is 7.70. The molecule has 1 saturated heterocycles. The van der Waals surface area contributed by atoms with E-state index in [2.05, 4.69) is 6.07 Å². The fraction of sp³-hybridized carbons (Fsp3) is 0.375. The average molecular weight is 459 g/mol. The van der Waals surface area contributed by atoms with Gasteiger partial charge in [-0.25, -0.2) is 4.39 Å². The van der Waals surface area contributed by atoms with Crippen LogP contribution in [0.5, 0.6) is 5.75 Å². The molecule has 1 fully saturated rings. The molecule has 32 heavy (non-hydrogen) atoms. The third kappa shape index (κ3) is 6.21. The van der Waals surface area contributed by atoms with E-state index < -0.39 is 11.4 Å². The van der Waals surface area contributed by atoms with Crippen LogP contribution >= 0.6 is 11.6 Å². The monoisotopic (exact) mass is 458 g/mol. The Morgan fingerprint density at radius 1 is 1.19 bits per heavy atom. The van der Waals surface area contributed by atoms with E-state index in [1.807, 2.05) is 0 Å². The number of ether oxygens (including phenoxy) is 1. The van der Waals surface area contributed by atoms with Gasteiger partial charge in [-0.2, -0.15) is 5.26 Å². The Balaban J connectivity index is 1.56. The maximum atomic E-state index is 13.1. The molecule has 2 aromatic carbocycles. The molecule has 3 rings (SSSR count). The van der Waals surface area contributed by atoms with Crippen molar-refractivity contribution in [3.63, 3.8) is 0 Å². The molecule has 6 nitrogen and oxygen atoms in total. The molecule has 0 radical (unpaired) electrons. The predicted molar refractivity (Wildman–Crippen MR) is 117 cm³/mol. The van der Waals surface area contributed by atoms with Crippen molar-refractivity contribution in [3.8, 4) is 11.8 Å². The third-order valence-electron chi connectivity index (χ3n) is 5.75. The number of carboxylic acids is 1. The van der Waals surface area contributed by atoms with Crippen LogP contribution in [0.4, 0.5) is 4.39 Å². The van der Waals surface area contributed by atoms with Crippen molar-refractivity contribution in [2.24, 2.45) is 5.41 Å². The molecule has 1 amide bonds. The number of likely N-dealkylation sites (tertiary alicyclic amines) is 1. The van der Waals surface area contributed by atoms with E-state index in [-0.39, 0.29) is 31.2 Å². The number of benzene rings is 2. The van der Waals surface area contributed by atoms with Crippen LogP contribution < -0.4 is 4.74 Å². The van der Waals surface area contributed by atoms with Gasteiger partial charge in [0.15, 0.2) is 6.61 Å². The zero-order valence-corrected chi connectivity index (χ0v) is 18.3. The van der Waals surface area contributed by atoms with Crippen molar-refractivity contribution in [2.45, 2.75) is 32.1 Å². The number of aryl methyl sites for hydroxylation is 1. The number of amides is 1. The summed E-state index contributed by atoms with van der Waals surface area (Å²) >= 11 is 6.00. The second-order valence-corrected chi connectivity index (χ2v) is 8.45. The quantitative estimate of drug-likeness (QED) is 0.638. The molecule has 0 saturated carbocycles. The summed E-state index contributed by atoms with van der Waals surface area (Å²) in [7, 11) is 0. The minimum Gasteiger partial charge on any atom is -0.483 e. The summed E-state index contributed by atoms with van der Waals surface area (Å²) < 4.78 is 18.8. The predicted octanol–water partition coefficient (Wildman–Crippen LogP) is 4.25. The van der Waals surface area contributed by atoms with E-state index in [4.69, 9.17) is 21.4 Å². The number of carbonyl (C=O) groups excluding carboxylic acids is 1. The lowest BCUT2D eigenvalue weighted by Gasteiger charge is -2.37. The largest absolute Gasteiger partial charge is 0.483 e. The van der Waals surface area contributed by atoms with Gasteiger partial charge < -0.3 is 14.7 Å². The first-order valence-electron chi connectivity index (χ1n) is 10.4. The highest BCUT2D eigenvalue weighted by Gasteiger charge is 2.36. The number of aliphatic carboxylic acids is 1. The van der Waals surface area contributed by atoms with Crippen molar-refractivity contribution in [1.29, 1.82) is 5.26 Å². The van der Waals surface area contributed by atoms with Crippen LogP contribution in [0, 0.1) is 22.6 Å². The van der Waals surface area contributed by atoms with Gasteiger partial charge in [0.1, 0.15) is 11.6 Å². The highest BCUT2D eigenvalue weighted by Crippen LogP contribution is 2.35. The molecule has 0 atom stereocenters. The molecular weight excluding hydrogens is 435 g/mol. The van der Waals surface area contributed by atoms with Crippen molar-refractivity contribution in [3.05, 3.63) is 64.4 Å². The zero-order valence-electron chi connectivity index (χ0n) is 17.5. The second-order valence-electron chi connectivity index (χ2n) is 8.01. The lowest BCUT2D eigenvalue weighted by Crippen LogP contribution is -2.45. The van der Waals surface area contributed by atoms with E-state index >= 15 is 0 Å². The number of carbonyl (C=O) groups is 2. The molecule has 1 aliphatic heterocycles. The van der Waals surface area contributed by atoms with Crippen LogP contribution in [0.15, 0.2) is 42.5 Å². The molecule has 0 spiro atoms. The Hall–Kier alpha value is -3.11. The number of hydrogen-bond acceptors (Lipinski definition) is 4. The fourth-order valence-corrected chi connectivity index (χ4v) is 4.06. The molecule has 0 aliphatic carbocycles. The van der Waals surface area contributed by atoms with Gasteiger partial charge in [0, 0.05) is 24.5 Å². The van der Waals surface area contributed by atoms with E-state index in [0.717, 1.165) is 5.56 Å². The molecule has 8 heteroatoms. The van der Waals surface area contributed by atoms with Crippen molar-refractivity contribution >= 4 is 23.5 Å². The number of nitrogens with zero attached hydrogens (tertiary/aromatic N) is 2. The molecule has 1 N–H and O–H groups in total. The summed E-state index contributed by atoms with van der Waals surface area (Å²) in [6.07, 6.45) is 1.74. The maximum Gasteiger partial charge on any atom is 0.303 e. The highest BCUT2D eigenvalue weighted by molar-refractivity contribution is 6.30. The number of nitriles is 1. The molecule has 1 heterocycles. The molecule has 0 aromatic heterocycles. The van der Waals surface area contributed by atoms with E-state index in [1.54, 1.807) is 35.2 Å². The summed E-state index contributed by atoms with van der Waals surface area (Å²) in [5.41, 5.74) is 0.942. The SMILES string of the molecule is N#CC1(Cc2ccc(F)cc2)CCN(C(=O)COc2ccc(Cl)cc2CCC(=O)O)CC1. The Morgan fingerprint density at radius 3 is 2.50 bits per heavy atom. The first-order chi connectivity index (χ1) is 15.3. The molecule has 1 aliphatic rings. The summed E-state index contributed by atoms with van der Waals surface area (Å²) in [5, 5.41) is 19.2. The van der Waals surface area contributed by atoms with Crippen LogP contribution in [0.2, 0.25) is 5.02 Å². The molecular formula is C24H24ClFN2O4. The van der Waals surface area contributed by atoms with E-state index in [1.165, 1.54) is 12.1 Å². The normalized spacial score (nSPS) is 15.1. The van der Waals surface area contributed by atoms with Crippen LogP contribution in [0.1, 0.15) is 30.4 Å². The standard InChI is InChI=1S/C24H24ClFN2O4/c25-19-4-7-21(18(13-19)3-8-23(30)31)32-15-22(29)28-11-9-24(16-27,10-12-28)14-17-1-5-20(26)6-2-17/h1-2,4-7,13H,3,8-12,14-15H2,(H,30,31). The highest BCUT2D eigenvalue weighted by atomic mass is 35.5. The van der Waals surface area contributed by atoms with Gasteiger partial charge in [0.25, 0.3) is 5.91 Å². The smallest absolute Gasteiger partial charge is 0.303 e. The Labute approximate surface area is 191 Å². The lowest BCUT2D eigenvalue weighted by atomic mass is 9.75. The van der Waals surface area contributed by atoms with Crippen molar-refractivity contribution in [2.75, 3.05) is 19.7 Å². The van der Waals surface area contributed by atoms with Crippen LogP contribution in [-0.2, 0) is 22.4 Å². The Morgan fingerprint density at radius 2 is 1.88 bits per heavy atom. The summed E-state index contributed by atoms with van der Waals surface area (Å²) in [4.78, 5) is 25.2. The molecule has 2 aromatic rings. The number of carboxylic acid groups (broad SMARTS) is 1. The molecule has 168 valence electrons. The Bertz CT molecular complexity index is 1010. The van der Waals surface area contributed by atoms with Gasteiger partial charge in [-0.15, -0.1) is 0 Å². The van der Waals surface area contributed by atoms with Gasteiger partial charge in [-0.05, 0) is 67.1 Å². The topological polar surface area (TPSA) is 90.6 Å². The van der Waals surface area contributed by atoms with Crippen molar-refractivity contribution in [1.82, 2.24) is 4.90 Å². The fourth-order valence-electron chi connectivity index (χ4n) is 3.86. The zero-order chi connectivity index (χ0) is 23.1. The number of halogens is 2. The van der Waals surface area contributed by atoms with Gasteiger partial charge in [0.2, 0.25) is 0 Å². The van der Waals surface area contributed by atoms with E-state index in [0.29, 0.717) is 48.7 Å². The summed E-state index contributed by atoms with van der Waals surface area (Å²) in [5.74, 6) is -1.00. The molecule has 0 unspecified atom stereocenters. The van der Waals surface area contributed by atoms with Gasteiger partial charge in [0.05, 0.1) is 11.5 Å². The van der Waals surface area contributed by atoms with Gasteiger partial charge >= 0.3 is 5.97 Å². The minimum atomic E-state index is -0.929. The number of rotatable bonds is 8. The first-order valence-corrected chi connectivity index (χ1v) is 10.7. The average Bonchev–Trinajstić information content (AvgIpc) is 2.79. The second kappa shape index (κ2) is 10.5.